The van der Waals surface area contributed by atoms with E-state index < -0.39 is 17.9 Å². The van der Waals surface area contributed by atoms with E-state index >= 15 is 0 Å². The highest BCUT2D eigenvalue weighted by Gasteiger charge is 2.20. The number of aromatic nitrogens is 3. The number of primary amides is 2. The zero-order valence-corrected chi connectivity index (χ0v) is 16.0. The van der Waals surface area contributed by atoms with Gasteiger partial charge in [-0.15, -0.1) is 0 Å². The Balaban J connectivity index is 2.32. The number of carbonyl (C=O) groups is 2. The molecule has 140 valence electrons. The second-order valence-corrected chi connectivity index (χ2v) is 7.58. The number of anilines is 3. The molecule has 26 heavy (non-hydrogen) atoms. The van der Waals surface area contributed by atoms with Gasteiger partial charge in [-0.3, -0.25) is 9.59 Å². The molecule has 2 heterocycles. The van der Waals surface area contributed by atoms with Gasteiger partial charge in [0.15, 0.2) is 11.5 Å². The molecule has 0 saturated heterocycles. The average molecular weight is 377 g/mol. The van der Waals surface area contributed by atoms with Crippen LogP contribution in [0.3, 0.4) is 0 Å². The number of rotatable bonds is 7. The molecule has 2 amide bonds. The van der Waals surface area contributed by atoms with Crippen molar-refractivity contribution in [2.24, 2.45) is 11.5 Å². The van der Waals surface area contributed by atoms with Crippen molar-refractivity contribution in [3.63, 3.8) is 0 Å². The third kappa shape index (κ3) is 4.66. The van der Waals surface area contributed by atoms with Gasteiger partial charge in [0.1, 0.15) is 16.9 Å². The summed E-state index contributed by atoms with van der Waals surface area (Å²) in [5.41, 5.74) is 11.5. The van der Waals surface area contributed by atoms with Crippen LogP contribution in [0.1, 0.15) is 50.3 Å². The van der Waals surface area contributed by atoms with E-state index in [1.165, 1.54) is 17.7 Å². The number of hydrogen-bond acceptors (Lipinski definition) is 8. The fraction of sp³-hybridized carbons (Fsp3) is 0.438. The van der Waals surface area contributed by atoms with Gasteiger partial charge in [-0.2, -0.15) is 4.37 Å². The molecule has 0 aliphatic heterocycles. The molecule has 9 nitrogen and oxygen atoms in total. The lowest BCUT2D eigenvalue weighted by Crippen LogP contribution is -2.35. The molecule has 2 aromatic heterocycles. The van der Waals surface area contributed by atoms with Crippen LogP contribution in [0.2, 0.25) is 0 Å². The van der Waals surface area contributed by atoms with Gasteiger partial charge in [0.25, 0.3) is 5.91 Å². The molecule has 0 aromatic carbocycles. The monoisotopic (exact) mass is 377 g/mol. The number of amides is 2. The van der Waals surface area contributed by atoms with Crippen LogP contribution >= 0.6 is 11.5 Å². The number of hydrogen-bond donors (Lipinski definition) is 4. The third-order valence-corrected chi connectivity index (χ3v) is 4.30. The van der Waals surface area contributed by atoms with Gasteiger partial charge in [-0.05, 0) is 24.0 Å². The lowest BCUT2D eigenvalue weighted by Gasteiger charge is -2.15. The van der Waals surface area contributed by atoms with Gasteiger partial charge < -0.3 is 22.1 Å². The summed E-state index contributed by atoms with van der Waals surface area (Å²) in [5, 5.41) is 6.63. The van der Waals surface area contributed by atoms with Crippen molar-refractivity contribution >= 4 is 40.0 Å². The molecule has 0 unspecified atom stereocenters. The summed E-state index contributed by atoms with van der Waals surface area (Å²) in [6, 6.07) is 1.29. The van der Waals surface area contributed by atoms with Crippen molar-refractivity contribution in [3.05, 3.63) is 23.7 Å². The first-order valence-electron chi connectivity index (χ1n) is 8.08. The first kappa shape index (κ1) is 19.6. The molecular weight excluding hydrogens is 354 g/mol. The Labute approximate surface area is 155 Å². The van der Waals surface area contributed by atoms with Gasteiger partial charge >= 0.3 is 0 Å². The number of nitrogens with zero attached hydrogens (tertiary/aromatic N) is 3. The molecule has 0 saturated carbocycles. The SMILES string of the molecule is CC[C@@H](Nc1cnc(C(N)=O)c(Nc2cc(C(C)(C)C)ns2)n1)C(N)=O. The van der Waals surface area contributed by atoms with Crippen LogP contribution in [-0.4, -0.2) is 32.2 Å². The van der Waals surface area contributed by atoms with Gasteiger partial charge in [-0.25, -0.2) is 9.97 Å². The van der Waals surface area contributed by atoms with E-state index in [1.807, 2.05) is 13.0 Å². The normalized spacial score (nSPS) is 12.5. The maximum absolute atomic E-state index is 11.6. The predicted molar refractivity (Wildman–Crippen MR) is 102 cm³/mol. The van der Waals surface area contributed by atoms with Gasteiger partial charge in [-0.1, -0.05) is 27.7 Å². The molecule has 10 heteroatoms. The van der Waals surface area contributed by atoms with Crippen LogP contribution < -0.4 is 22.1 Å². The molecule has 0 aliphatic carbocycles. The summed E-state index contributed by atoms with van der Waals surface area (Å²) in [7, 11) is 0. The standard InChI is InChI=1S/C16H23N7O2S/c1-5-8(13(17)24)20-10-7-19-12(14(18)25)15(21-10)22-11-6-9(23-26-11)16(2,3)4/h6-8H,5H2,1-4H3,(H2,17,24)(H2,18,25)(H2,20,21,22)/t8-/m1/s1. The van der Waals surface area contributed by atoms with Crippen LogP contribution in [0.5, 0.6) is 0 Å². The second kappa shape index (κ2) is 7.65. The molecule has 0 spiro atoms. The van der Waals surface area contributed by atoms with Crippen LogP contribution in [-0.2, 0) is 10.2 Å². The van der Waals surface area contributed by atoms with Crippen molar-refractivity contribution < 1.29 is 9.59 Å². The highest BCUT2D eigenvalue weighted by atomic mass is 32.1. The molecule has 0 bridgehead atoms. The Bertz CT molecular complexity index is 813. The smallest absolute Gasteiger partial charge is 0.271 e. The summed E-state index contributed by atoms with van der Waals surface area (Å²) in [6.07, 6.45) is 1.82. The number of carbonyl (C=O) groups excluding carboxylic acids is 2. The number of nitrogens with two attached hydrogens (primary N) is 2. The van der Waals surface area contributed by atoms with E-state index in [0.717, 1.165) is 5.69 Å². The maximum Gasteiger partial charge on any atom is 0.271 e. The lowest BCUT2D eigenvalue weighted by molar-refractivity contribution is -0.118. The van der Waals surface area contributed by atoms with Crippen molar-refractivity contribution in [3.8, 4) is 0 Å². The van der Waals surface area contributed by atoms with E-state index in [1.54, 1.807) is 0 Å². The Morgan fingerprint density at radius 3 is 2.50 bits per heavy atom. The molecular formula is C16H23N7O2S. The molecule has 0 radical (unpaired) electrons. The topological polar surface area (TPSA) is 149 Å². The Kier molecular flexibility index (Phi) is 5.76. The van der Waals surface area contributed by atoms with Crippen molar-refractivity contribution in [2.75, 3.05) is 10.6 Å². The van der Waals surface area contributed by atoms with Crippen molar-refractivity contribution in [1.29, 1.82) is 0 Å². The summed E-state index contributed by atoms with van der Waals surface area (Å²) in [5.74, 6) is -0.719. The summed E-state index contributed by atoms with van der Waals surface area (Å²) in [6.45, 7) is 7.98. The summed E-state index contributed by atoms with van der Waals surface area (Å²) in [4.78, 5) is 31.4. The van der Waals surface area contributed by atoms with Gasteiger partial charge in [0, 0.05) is 5.41 Å². The van der Waals surface area contributed by atoms with Crippen molar-refractivity contribution in [2.45, 2.75) is 45.6 Å². The third-order valence-electron chi connectivity index (χ3n) is 3.60. The highest BCUT2D eigenvalue weighted by molar-refractivity contribution is 7.10. The Hall–Kier alpha value is -2.75. The average Bonchev–Trinajstić information content (AvgIpc) is 3.01. The number of nitrogens with one attached hydrogen (secondary N) is 2. The lowest BCUT2D eigenvalue weighted by atomic mass is 9.92. The van der Waals surface area contributed by atoms with E-state index in [4.69, 9.17) is 11.5 Å². The minimum absolute atomic E-state index is 0.00613. The fourth-order valence-electron chi connectivity index (χ4n) is 2.08. The molecule has 1 atom stereocenters. The van der Waals surface area contributed by atoms with E-state index in [0.29, 0.717) is 17.2 Å². The highest BCUT2D eigenvalue weighted by Crippen LogP contribution is 2.29. The van der Waals surface area contributed by atoms with Crippen molar-refractivity contribution in [1.82, 2.24) is 14.3 Å². The summed E-state index contributed by atoms with van der Waals surface area (Å²) >= 11 is 1.25. The van der Waals surface area contributed by atoms with E-state index in [2.05, 4.69) is 45.7 Å². The maximum atomic E-state index is 11.6. The summed E-state index contributed by atoms with van der Waals surface area (Å²) < 4.78 is 4.40. The van der Waals surface area contributed by atoms with Crippen LogP contribution in [0.25, 0.3) is 0 Å². The first-order chi connectivity index (χ1) is 12.1. The minimum atomic E-state index is -0.714. The minimum Gasteiger partial charge on any atom is -0.368 e. The molecule has 0 fully saturated rings. The Morgan fingerprint density at radius 2 is 2.00 bits per heavy atom. The van der Waals surface area contributed by atoms with Crippen LogP contribution in [0.15, 0.2) is 12.3 Å². The van der Waals surface area contributed by atoms with Crippen LogP contribution in [0, 0.1) is 0 Å². The predicted octanol–water partition coefficient (Wildman–Crippen LogP) is 1.75. The zero-order chi connectivity index (χ0) is 19.5. The molecule has 2 rings (SSSR count). The molecule has 0 aliphatic rings. The van der Waals surface area contributed by atoms with Crippen LogP contribution in [0.4, 0.5) is 16.6 Å². The molecule has 6 N–H and O–H groups in total. The van der Waals surface area contributed by atoms with Gasteiger partial charge in [0.2, 0.25) is 5.91 Å². The fourth-order valence-corrected chi connectivity index (χ4v) is 2.91. The second-order valence-electron chi connectivity index (χ2n) is 6.78. The van der Waals surface area contributed by atoms with E-state index in [-0.39, 0.29) is 16.9 Å². The zero-order valence-electron chi connectivity index (χ0n) is 15.2. The molecule has 2 aromatic rings. The van der Waals surface area contributed by atoms with Gasteiger partial charge in [0.05, 0.1) is 11.9 Å². The Morgan fingerprint density at radius 1 is 1.31 bits per heavy atom. The quantitative estimate of drug-likeness (QED) is 0.574. The largest absolute Gasteiger partial charge is 0.368 e. The first-order valence-corrected chi connectivity index (χ1v) is 8.86. The van der Waals surface area contributed by atoms with E-state index in [9.17, 15) is 9.59 Å².